The Morgan fingerprint density at radius 3 is 2.73 bits per heavy atom. The van der Waals surface area contributed by atoms with Crippen molar-refractivity contribution < 1.29 is 9.53 Å². The first-order valence-electron chi connectivity index (χ1n) is 5.30. The molecule has 0 bridgehead atoms. The molecule has 0 amide bonds. The molecular formula is C12H15NO2. The van der Waals surface area contributed by atoms with Gasteiger partial charge in [0.2, 0.25) is 0 Å². The summed E-state index contributed by atoms with van der Waals surface area (Å²) >= 11 is 0. The van der Waals surface area contributed by atoms with E-state index in [0.717, 1.165) is 19.4 Å². The van der Waals surface area contributed by atoms with E-state index in [-0.39, 0.29) is 12.0 Å². The Morgan fingerprint density at radius 2 is 2.13 bits per heavy atom. The van der Waals surface area contributed by atoms with Gasteiger partial charge in [-0.15, -0.1) is 0 Å². The lowest BCUT2D eigenvalue weighted by Gasteiger charge is -2.25. The Kier molecular flexibility index (Phi) is 3.35. The smallest absolute Gasteiger partial charge is 0.326 e. The molecule has 1 atom stereocenters. The fraction of sp³-hybridized carbons (Fsp3) is 0.417. The summed E-state index contributed by atoms with van der Waals surface area (Å²) in [5.74, 6) is -0.116. The third kappa shape index (κ3) is 2.80. The van der Waals surface area contributed by atoms with Gasteiger partial charge in [0, 0.05) is 0 Å². The van der Waals surface area contributed by atoms with Crippen LogP contribution in [-0.2, 0) is 16.0 Å². The van der Waals surface area contributed by atoms with E-state index in [2.05, 4.69) is 22.2 Å². The first-order valence-corrected chi connectivity index (χ1v) is 5.30. The highest BCUT2D eigenvalue weighted by Crippen LogP contribution is 2.04. The summed E-state index contributed by atoms with van der Waals surface area (Å²) in [6.07, 6.45) is 2.10. The molecule has 1 aliphatic rings. The quantitative estimate of drug-likeness (QED) is 0.578. The number of nitrogens with one attached hydrogen (secondary N) is 1. The molecule has 0 radical (unpaired) electrons. The van der Waals surface area contributed by atoms with Crippen molar-refractivity contribution in [2.75, 3.05) is 13.2 Å². The van der Waals surface area contributed by atoms with Gasteiger partial charge in [0.15, 0.2) is 0 Å². The van der Waals surface area contributed by atoms with Gasteiger partial charge in [-0.2, -0.15) is 0 Å². The van der Waals surface area contributed by atoms with Crippen LogP contribution in [0.3, 0.4) is 0 Å². The van der Waals surface area contributed by atoms with Crippen LogP contribution >= 0.6 is 0 Å². The second-order valence-electron chi connectivity index (χ2n) is 3.73. The van der Waals surface area contributed by atoms with Gasteiger partial charge in [0.25, 0.3) is 0 Å². The molecule has 1 aromatic carbocycles. The van der Waals surface area contributed by atoms with Crippen molar-refractivity contribution in [3.8, 4) is 0 Å². The zero-order chi connectivity index (χ0) is 10.5. The maximum absolute atomic E-state index is 10.8. The predicted molar refractivity (Wildman–Crippen MR) is 57.5 cm³/mol. The normalized spacial score (nSPS) is 19.5. The standard InChI is InChI=1S/C12H15NO2/c14-12-11(9-15-12)13-8-4-7-10-5-2-1-3-6-10/h1-3,5-6,11,13H,4,7-9H2. The van der Waals surface area contributed by atoms with Crippen molar-refractivity contribution in [3.05, 3.63) is 35.9 Å². The van der Waals surface area contributed by atoms with Crippen LogP contribution in [0.15, 0.2) is 30.3 Å². The van der Waals surface area contributed by atoms with Crippen molar-refractivity contribution in [2.45, 2.75) is 18.9 Å². The zero-order valence-corrected chi connectivity index (χ0v) is 8.61. The maximum atomic E-state index is 10.8. The Balaban J connectivity index is 1.61. The van der Waals surface area contributed by atoms with E-state index in [1.165, 1.54) is 5.56 Å². The van der Waals surface area contributed by atoms with E-state index in [0.29, 0.717) is 6.61 Å². The lowest BCUT2D eigenvalue weighted by molar-refractivity contribution is -0.162. The summed E-state index contributed by atoms with van der Waals surface area (Å²) in [7, 11) is 0. The summed E-state index contributed by atoms with van der Waals surface area (Å²) in [5, 5.41) is 3.16. The molecule has 0 spiro atoms. The fourth-order valence-electron chi connectivity index (χ4n) is 1.59. The second kappa shape index (κ2) is 4.94. The molecule has 0 aromatic heterocycles. The van der Waals surface area contributed by atoms with Gasteiger partial charge in [0.1, 0.15) is 12.6 Å². The van der Waals surface area contributed by atoms with Gasteiger partial charge in [0.05, 0.1) is 0 Å². The number of hydrogen-bond acceptors (Lipinski definition) is 3. The van der Waals surface area contributed by atoms with E-state index < -0.39 is 0 Å². The maximum Gasteiger partial charge on any atom is 0.326 e. The number of aryl methyl sites for hydroxylation is 1. The average molecular weight is 205 g/mol. The summed E-state index contributed by atoms with van der Waals surface area (Å²) in [4.78, 5) is 10.8. The topological polar surface area (TPSA) is 38.3 Å². The van der Waals surface area contributed by atoms with Crippen molar-refractivity contribution in [1.29, 1.82) is 0 Å². The van der Waals surface area contributed by atoms with Crippen LogP contribution in [0.5, 0.6) is 0 Å². The molecule has 15 heavy (non-hydrogen) atoms. The molecule has 2 rings (SSSR count). The van der Waals surface area contributed by atoms with Crippen LogP contribution in [-0.4, -0.2) is 25.2 Å². The lowest BCUT2D eigenvalue weighted by atomic mass is 10.1. The molecule has 1 aliphatic heterocycles. The summed E-state index contributed by atoms with van der Waals surface area (Å²) in [5.41, 5.74) is 1.34. The third-order valence-electron chi connectivity index (χ3n) is 2.55. The van der Waals surface area contributed by atoms with Crippen molar-refractivity contribution in [2.24, 2.45) is 0 Å². The molecule has 1 N–H and O–H groups in total. The Morgan fingerprint density at radius 1 is 1.33 bits per heavy atom. The molecular weight excluding hydrogens is 190 g/mol. The van der Waals surface area contributed by atoms with Gasteiger partial charge in [-0.3, -0.25) is 4.79 Å². The first kappa shape index (κ1) is 10.2. The molecule has 3 heteroatoms. The van der Waals surface area contributed by atoms with Crippen LogP contribution in [0.4, 0.5) is 0 Å². The minimum absolute atomic E-state index is 0.0548. The number of carbonyl (C=O) groups excluding carboxylic acids is 1. The van der Waals surface area contributed by atoms with E-state index >= 15 is 0 Å². The van der Waals surface area contributed by atoms with Crippen molar-refractivity contribution in [3.63, 3.8) is 0 Å². The monoisotopic (exact) mass is 205 g/mol. The van der Waals surface area contributed by atoms with Gasteiger partial charge >= 0.3 is 5.97 Å². The SMILES string of the molecule is O=C1OCC1NCCCc1ccccc1. The minimum atomic E-state index is -0.116. The number of rotatable bonds is 5. The summed E-state index contributed by atoms with van der Waals surface area (Å²) in [6.45, 7) is 1.40. The molecule has 1 heterocycles. The van der Waals surface area contributed by atoms with Crippen LogP contribution in [0, 0.1) is 0 Å². The van der Waals surface area contributed by atoms with Crippen LogP contribution in [0.2, 0.25) is 0 Å². The molecule has 1 aromatic rings. The van der Waals surface area contributed by atoms with Crippen molar-refractivity contribution >= 4 is 5.97 Å². The second-order valence-corrected chi connectivity index (χ2v) is 3.73. The van der Waals surface area contributed by atoms with E-state index in [1.54, 1.807) is 0 Å². The zero-order valence-electron chi connectivity index (χ0n) is 8.61. The highest BCUT2D eigenvalue weighted by Gasteiger charge is 2.29. The highest BCUT2D eigenvalue weighted by atomic mass is 16.6. The third-order valence-corrected chi connectivity index (χ3v) is 2.55. The lowest BCUT2D eigenvalue weighted by Crippen LogP contribution is -2.51. The Hall–Kier alpha value is -1.35. The van der Waals surface area contributed by atoms with Gasteiger partial charge < -0.3 is 10.1 Å². The summed E-state index contributed by atoms with van der Waals surface area (Å²) in [6, 6.07) is 10.3. The first-order chi connectivity index (χ1) is 7.36. The number of hydrogen-bond donors (Lipinski definition) is 1. The molecule has 1 saturated heterocycles. The molecule has 1 unspecified atom stereocenters. The largest absolute Gasteiger partial charge is 0.462 e. The van der Waals surface area contributed by atoms with Gasteiger partial charge in [-0.1, -0.05) is 30.3 Å². The molecule has 80 valence electrons. The Labute approximate surface area is 89.4 Å². The molecule has 3 nitrogen and oxygen atoms in total. The predicted octanol–water partition coefficient (Wildman–Crippen LogP) is 1.13. The minimum Gasteiger partial charge on any atom is -0.462 e. The van der Waals surface area contributed by atoms with E-state index in [4.69, 9.17) is 0 Å². The highest BCUT2D eigenvalue weighted by molar-refractivity contribution is 5.80. The number of benzene rings is 1. The number of cyclic esters (lactones) is 1. The number of ether oxygens (including phenoxy) is 1. The molecule has 1 fully saturated rings. The van der Waals surface area contributed by atoms with Crippen LogP contribution in [0.1, 0.15) is 12.0 Å². The van der Waals surface area contributed by atoms with E-state index in [9.17, 15) is 4.79 Å². The van der Waals surface area contributed by atoms with Gasteiger partial charge in [-0.25, -0.2) is 0 Å². The van der Waals surface area contributed by atoms with Gasteiger partial charge in [-0.05, 0) is 24.9 Å². The molecule has 0 aliphatic carbocycles. The van der Waals surface area contributed by atoms with E-state index in [1.807, 2.05) is 18.2 Å². The number of carbonyl (C=O) groups is 1. The van der Waals surface area contributed by atoms with Crippen molar-refractivity contribution in [1.82, 2.24) is 5.32 Å². The van der Waals surface area contributed by atoms with Crippen LogP contribution < -0.4 is 5.32 Å². The van der Waals surface area contributed by atoms with Crippen LogP contribution in [0.25, 0.3) is 0 Å². The molecule has 0 saturated carbocycles. The number of esters is 1. The summed E-state index contributed by atoms with van der Waals surface area (Å²) < 4.78 is 4.66. The Bertz CT molecular complexity index is 324. The average Bonchev–Trinajstić information content (AvgIpc) is 2.28. The fourth-order valence-corrected chi connectivity index (χ4v) is 1.59.